The number of methoxy groups -OCH3 is 4. The van der Waals surface area contributed by atoms with E-state index in [4.69, 9.17) is 29.4 Å². The Kier molecular flexibility index (Phi) is 15.7. The maximum absolute atomic E-state index is 14.2. The first-order chi connectivity index (χ1) is 23.0. The number of Topliss-reactive ketones (excluding diaryl/α,β-unsaturated/α-hetero) is 3. The van der Waals surface area contributed by atoms with Crippen molar-refractivity contribution in [3.05, 3.63) is 58.1 Å². The molecule has 5 N–H and O–H groups in total. The Labute approximate surface area is 287 Å². The number of ketones is 3. The molecule has 1 aliphatic carbocycles. The van der Waals surface area contributed by atoms with Crippen LogP contribution in [-0.4, -0.2) is 105 Å². The van der Waals surface area contributed by atoms with Crippen molar-refractivity contribution in [2.45, 2.75) is 90.5 Å². The lowest BCUT2D eigenvalue weighted by atomic mass is 9.82. The predicted octanol–water partition coefficient (Wildman–Crippen LogP) is 2.13. The Bertz CT molecular complexity index is 1420. The zero-order chi connectivity index (χ0) is 37.2. The number of primary amides is 1. The number of ether oxygens (including phenoxy) is 5. The highest BCUT2D eigenvalue weighted by Gasteiger charge is 2.43. The molecule has 0 aromatic heterocycles. The van der Waals surface area contributed by atoms with E-state index in [1.165, 1.54) is 60.5 Å². The average Bonchev–Trinajstić information content (AvgIpc) is 3.03. The standard InChI is InChI=1S/C35H50N2O12/c1-17-13-22-29(41)27(26(30(42)32(22)47-8)33(48-9)23(39)16-21(5)38)37-34(43)18(2)11-10-12-24(45-6)31(49-35(36)44)20(4)15-19(3)28(40)25(14-17)46-7/h10-12,15,17,19,21,24-25,28,31,33,38,40H,13-14,16H2,1-9H3,(H2,36,44)(H,37,43)/b12-10-,18-11+,20-15+/t17-,19+,21-,24+,25+,28-,31+,33-/m1/s1. The molecular weight excluding hydrogens is 640 g/mol. The van der Waals surface area contributed by atoms with Crippen LogP contribution in [0.25, 0.3) is 0 Å². The van der Waals surface area contributed by atoms with Gasteiger partial charge in [0.2, 0.25) is 11.6 Å². The lowest BCUT2D eigenvalue weighted by molar-refractivity contribution is -0.131. The summed E-state index contributed by atoms with van der Waals surface area (Å²) in [7, 11) is 5.21. The van der Waals surface area contributed by atoms with Gasteiger partial charge in [0.05, 0.1) is 36.7 Å². The fourth-order valence-electron chi connectivity index (χ4n) is 5.93. The number of fused-ring (bicyclic) bond motifs is 2. The van der Waals surface area contributed by atoms with Crippen molar-refractivity contribution >= 4 is 29.4 Å². The smallest absolute Gasteiger partial charge is 0.405 e. The fraction of sp³-hybridized carbons (Fsp3) is 0.571. The van der Waals surface area contributed by atoms with Crippen LogP contribution in [0, 0.1) is 11.8 Å². The number of amides is 2. The van der Waals surface area contributed by atoms with E-state index in [-0.39, 0.29) is 42.1 Å². The zero-order valence-corrected chi connectivity index (χ0v) is 29.6. The quantitative estimate of drug-likeness (QED) is 0.203. The SMILES string of the molecule is COC1=C2C[C@@H](C)C[C@H](OC)[C@H](O)[C@@H](C)/C=C(\C)[C@H](OC(N)=O)[C@@H](OC)/C=C\C=C(/C)C(=O)NC(=C([C@H](OC)C(=O)C[C@@H](C)O)C1=O)C2=O. The number of nitrogens with two attached hydrogens (primary N) is 1. The Morgan fingerprint density at radius 2 is 1.71 bits per heavy atom. The van der Waals surface area contributed by atoms with E-state index in [9.17, 15) is 34.2 Å². The van der Waals surface area contributed by atoms with E-state index in [1.54, 1.807) is 26.8 Å². The number of aliphatic hydroxyl groups is 2. The van der Waals surface area contributed by atoms with Crippen LogP contribution < -0.4 is 11.1 Å². The van der Waals surface area contributed by atoms with E-state index in [0.29, 0.717) is 5.57 Å². The van der Waals surface area contributed by atoms with Crippen LogP contribution in [0.15, 0.2) is 58.1 Å². The van der Waals surface area contributed by atoms with Crippen LogP contribution in [0.1, 0.15) is 53.9 Å². The highest BCUT2D eigenvalue weighted by molar-refractivity contribution is 6.27. The molecule has 272 valence electrons. The third-order valence-corrected chi connectivity index (χ3v) is 8.43. The number of nitrogens with one attached hydrogen (secondary N) is 1. The molecule has 8 atom stereocenters. The maximum atomic E-state index is 14.2. The monoisotopic (exact) mass is 690 g/mol. The summed E-state index contributed by atoms with van der Waals surface area (Å²) in [4.78, 5) is 66.7. The van der Waals surface area contributed by atoms with Gasteiger partial charge >= 0.3 is 6.09 Å². The van der Waals surface area contributed by atoms with Crippen molar-refractivity contribution in [1.82, 2.24) is 5.32 Å². The molecule has 0 radical (unpaired) electrons. The van der Waals surface area contributed by atoms with Gasteiger partial charge in [0, 0.05) is 44.8 Å². The van der Waals surface area contributed by atoms with Gasteiger partial charge in [-0.15, -0.1) is 0 Å². The summed E-state index contributed by atoms with van der Waals surface area (Å²) in [5, 5.41) is 23.7. The second-order valence-corrected chi connectivity index (χ2v) is 12.4. The molecule has 0 unspecified atom stereocenters. The summed E-state index contributed by atoms with van der Waals surface area (Å²) in [6.45, 7) is 8.10. The van der Waals surface area contributed by atoms with Crippen molar-refractivity contribution in [3.63, 3.8) is 0 Å². The molecule has 2 aliphatic rings. The Morgan fingerprint density at radius 1 is 1.06 bits per heavy atom. The van der Waals surface area contributed by atoms with Gasteiger partial charge < -0.3 is 44.9 Å². The minimum Gasteiger partial charge on any atom is -0.492 e. The number of carbonyl (C=O) groups excluding carboxylic acids is 5. The average molecular weight is 691 g/mol. The van der Waals surface area contributed by atoms with Gasteiger partial charge in [0.1, 0.15) is 12.2 Å². The summed E-state index contributed by atoms with van der Waals surface area (Å²) in [5.41, 5.74) is 5.06. The van der Waals surface area contributed by atoms with Crippen molar-refractivity contribution in [3.8, 4) is 0 Å². The topological polar surface area (TPSA) is 210 Å². The number of hydrogen-bond acceptors (Lipinski definition) is 12. The van der Waals surface area contributed by atoms with E-state index >= 15 is 0 Å². The van der Waals surface area contributed by atoms with Crippen molar-refractivity contribution < 1.29 is 57.9 Å². The van der Waals surface area contributed by atoms with Crippen LogP contribution in [0.2, 0.25) is 0 Å². The fourth-order valence-corrected chi connectivity index (χ4v) is 5.93. The van der Waals surface area contributed by atoms with Crippen LogP contribution in [0.3, 0.4) is 0 Å². The lowest BCUT2D eigenvalue weighted by Gasteiger charge is -2.30. The second-order valence-electron chi connectivity index (χ2n) is 12.4. The zero-order valence-electron chi connectivity index (χ0n) is 29.6. The summed E-state index contributed by atoms with van der Waals surface area (Å²) < 4.78 is 27.4. The van der Waals surface area contributed by atoms with Crippen LogP contribution in [-0.2, 0) is 42.9 Å². The van der Waals surface area contributed by atoms with Gasteiger partial charge in [0.15, 0.2) is 17.6 Å². The molecule has 1 heterocycles. The number of hydrogen-bond donors (Lipinski definition) is 4. The second kappa shape index (κ2) is 18.7. The van der Waals surface area contributed by atoms with Crippen molar-refractivity contribution in [2.24, 2.45) is 17.6 Å². The van der Waals surface area contributed by atoms with Gasteiger partial charge in [-0.25, -0.2) is 4.79 Å². The van der Waals surface area contributed by atoms with Crippen molar-refractivity contribution in [2.75, 3.05) is 28.4 Å². The van der Waals surface area contributed by atoms with Crippen LogP contribution in [0.4, 0.5) is 4.79 Å². The van der Waals surface area contributed by atoms with Gasteiger partial charge in [-0.3, -0.25) is 19.2 Å². The first-order valence-corrected chi connectivity index (χ1v) is 15.9. The molecule has 2 bridgehead atoms. The first kappa shape index (κ1) is 41.2. The van der Waals surface area contributed by atoms with Gasteiger partial charge in [-0.2, -0.15) is 0 Å². The lowest BCUT2D eigenvalue weighted by Crippen LogP contribution is -2.42. The highest BCUT2D eigenvalue weighted by atomic mass is 16.6. The van der Waals surface area contributed by atoms with Crippen LogP contribution in [0.5, 0.6) is 0 Å². The summed E-state index contributed by atoms with van der Waals surface area (Å²) in [5.74, 6) is -4.26. The molecule has 0 fully saturated rings. The van der Waals surface area contributed by atoms with Gasteiger partial charge in [-0.1, -0.05) is 38.2 Å². The van der Waals surface area contributed by atoms with Gasteiger partial charge in [0.25, 0.3) is 5.91 Å². The summed E-state index contributed by atoms with van der Waals surface area (Å²) >= 11 is 0. The maximum Gasteiger partial charge on any atom is 0.405 e. The molecule has 1 aliphatic heterocycles. The van der Waals surface area contributed by atoms with E-state index in [0.717, 1.165) is 0 Å². The Morgan fingerprint density at radius 3 is 2.24 bits per heavy atom. The third kappa shape index (κ3) is 10.5. The predicted molar refractivity (Wildman–Crippen MR) is 178 cm³/mol. The van der Waals surface area contributed by atoms with Crippen molar-refractivity contribution in [1.29, 1.82) is 0 Å². The normalized spacial score (nSPS) is 30.4. The van der Waals surface area contributed by atoms with E-state index in [1.807, 2.05) is 0 Å². The third-order valence-electron chi connectivity index (χ3n) is 8.43. The molecule has 14 heteroatoms. The number of rotatable bonds is 9. The highest BCUT2D eigenvalue weighted by Crippen LogP contribution is 2.33. The molecule has 14 nitrogen and oxygen atoms in total. The molecule has 0 spiro atoms. The molecular formula is C35H50N2O12. The van der Waals surface area contributed by atoms with E-state index in [2.05, 4.69) is 5.32 Å². The van der Waals surface area contributed by atoms with Gasteiger partial charge in [-0.05, 0) is 45.1 Å². The molecule has 0 saturated carbocycles. The van der Waals surface area contributed by atoms with E-state index < -0.39 is 83.2 Å². The number of allylic oxidation sites excluding steroid dienone is 4. The molecule has 2 amide bonds. The molecule has 0 aromatic carbocycles. The number of carbonyl (C=O) groups is 5. The summed E-state index contributed by atoms with van der Waals surface area (Å²) in [6, 6.07) is 0. The largest absolute Gasteiger partial charge is 0.492 e. The minimum atomic E-state index is -1.61. The molecule has 2 rings (SSSR count). The Balaban J connectivity index is 2.83. The minimum absolute atomic E-state index is 0.0168. The molecule has 0 saturated heterocycles. The van der Waals surface area contributed by atoms with Crippen LogP contribution >= 0.6 is 0 Å². The molecule has 49 heavy (non-hydrogen) atoms. The first-order valence-electron chi connectivity index (χ1n) is 15.9. The molecule has 0 aromatic rings. The Hall–Kier alpha value is -3.95. The number of aliphatic hydroxyl groups excluding tert-OH is 2. The summed E-state index contributed by atoms with van der Waals surface area (Å²) in [6.07, 6.45) is -1.41.